The summed E-state index contributed by atoms with van der Waals surface area (Å²) in [4.78, 5) is 19.3. The normalized spacial score (nSPS) is 10.8. The third-order valence-electron chi connectivity index (χ3n) is 9.37. The van der Waals surface area contributed by atoms with Crippen molar-refractivity contribution in [3.05, 3.63) is 118 Å². The van der Waals surface area contributed by atoms with Gasteiger partial charge >= 0.3 is 0 Å². The minimum Gasteiger partial charge on any atom is -0.495 e. The van der Waals surface area contributed by atoms with Crippen LogP contribution in [0, 0.1) is 0 Å². The number of hydrogen-bond acceptors (Lipinski definition) is 10. The van der Waals surface area contributed by atoms with Gasteiger partial charge in [-0.25, -0.2) is 19.9 Å². The van der Waals surface area contributed by atoms with E-state index in [1.165, 1.54) is 0 Å². The zero-order chi connectivity index (χ0) is 40.8. The number of nitrogens with zero attached hydrogens (tertiary/aromatic N) is 8. The van der Waals surface area contributed by atoms with Gasteiger partial charge in [0.05, 0.1) is 35.7 Å². The van der Waals surface area contributed by atoms with Crippen molar-refractivity contribution in [1.29, 1.82) is 0 Å². The molecule has 4 aromatic carbocycles. The third kappa shape index (κ3) is 9.36. The number of hydrogen-bond donors (Lipinski definition) is 2. The van der Waals surface area contributed by atoms with Crippen molar-refractivity contribution in [2.24, 2.45) is 14.1 Å². The molecule has 0 unspecified atom stereocenters. The first-order chi connectivity index (χ1) is 28.2. The molecule has 0 radical (unpaired) electrons. The Morgan fingerprint density at radius 3 is 1.29 bits per heavy atom. The van der Waals surface area contributed by atoms with Gasteiger partial charge in [0.1, 0.15) is 33.6 Å². The lowest BCUT2D eigenvalue weighted by Gasteiger charge is -2.11. The number of aryl methyl sites for hydroxylation is 4. The number of rotatable bonds is 12. The van der Waals surface area contributed by atoms with Crippen molar-refractivity contribution in [3.63, 3.8) is 0 Å². The second kappa shape index (κ2) is 19.2. The monoisotopic (exact) mass is 850 g/mol. The van der Waals surface area contributed by atoms with Crippen LogP contribution in [-0.2, 0) is 26.9 Å². The number of methoxy groups -OCH3 is 2. The standard InChI is InChI=1S/2C22H22ClN5O.ClH/c2*1-4-8-17-19-20(28(2)27-17)22(24-15-11-12-18(29-3)16(23)13-15)26-21(25-19)14-9-6-5-7-10-14;/h2*5-7,9-13H,4,8H2,1-3H3,(H,24,25,26);1H. The second-order valence-electron chi connectivity index (χ2n) is 13.5. The molecule has 12 nitrogen and oxygen atoms in total. The number of nitrogens with one attached hydrogen (secondary N) is 2. The molecular weight excluding hydrogens is 807 g/mol. The molecule has 59 heavy (non-hydrogen) atoms. The molecule has 0 aliphatic carbocycles. The number of fused-ring (bicyclic) bond motifs is 2. The molecule has 0 fully saturated rings. The van der Waals surface area contributed by atoms with Gasteiger partial charge in [-0.05, 0) is 49.2 Å². The summed E-state index contributed by atoms with van der Waals surface area (Å²) in [6, 6.07) is 31.0. The molecule has 304 valence electrons. The Kier molecular flexibility index (Phi) is 13.9. The Morgan fingerprint density at radius 1 is 0.559 bits per heavy atom. The fraction of sp³-hybridized carbons (Fsp3) is 0.227. The molecule has 0 atom stereocenters. The van der Waals surface area contributed by atoms with Gasteiger partial charge in [-0.1, -0.05) is 111 Å². The SMILES string of the molecule is CCCc1nn(C)c2c(Nc3ccc(OC)c(Cl)c3)nc(-c3ccccc3)nc12.CCCc1nn(C)c2c(Nc3ccc(OC)c(Cl)c3)nc(-c3ccccc3)nc12.Cl. The molecule has 2 N–H and O–H groups in total. The summed E-state index contributed by atoms with van der Waals surface area (Å²) in [5, 5.41) is 17.2. The largest absolute Gasteiger partial charge is 0.495 e. The highest BCUT2D eigenvalue weighted by molar-refractivity contribution is 6.32. The zero-order valence-corrected chi connectivity index (χ0v) is 36.0. The first-order valence-electron chi connectivity index (χ1n) is 19.0. The highest BCUT2D eigenvalue weighted by Crippen LogP contribution is 2.34. The predicted molar refractivity (Wildman–Crippen MR) is 241 cm³/mol. The van der Waals surface area contributed by atoms with E-state index in [2.05, 4.69) is 34.7 Å². The Balaban J connectivity index is 0.000000195. The van der Waals surface area contributed by atoms with Gasteiger partial charge in [0.15, 0.2) is 23.3 Å². The second-order valence-corrected chi connectivity index (χ2v) is 14.3. The van der Waals surface area contributed by atoms with Gasteiger partial charge < -0.3 is 20.1 Å². The quantitative estimate of drug-likeness (QED) is 0.122. The average Bonchev–Trinajstić information content (AvgIpc) is 3.73. The van der Waals surface area contributed by atoms with Crippen LogP contribution in [0.5, 0.6) is 11.5 Å². The van der Waals surface area contributed by atoms with Crippen molar-refractivity contribution < 1.29 is 9.47 Å². The summed E-state index contributed by atoms with van der Waals surface area (Å²) < 4.78 is 14.2. The number of halogens is 3. The van der Waals surface area contributed by atoms with E-state index < -0.39 is 0 Å². The molecular formula is C44H45Cl3N10O2. The molecule has 0 aliphatic heterocycles. The lowest BCUT2D eigenvalue weighted by Crippen LogP contribution is -2.02. The first-order valence-corrected chi connectivity index (χ1v) is 19.8. The molecule has 0 bridgehead atoms. The Hall–Kier alpha value is -5.95. The molecule has 8 aromatic rings. The maximum Gasteiger partial charge on any atom is 0.162 e. The van der Waals surface area contributed by atoms with Gasteiger partial charge in [0.2, 0.25) is 0 Å². The topological polar surface area (TPSA) is 130 Å². The minimum absolute atomic E-state index is 0. The van der Waals surface area contributed by atoms with E-state index in [0.717, 1.165) is 81.6 Å². The van der Waals surface area contributed by atoms with Crippen molar-refractivity contribution >= 4 is 80.7 Å². The summed E-state index contributed by atoms with van der Waals surface area (Å²) >= 11 is 12.6. The van der Waals surface area contributed by atoms with Crippen molar-refractivity contribution in [2.75, 3.05) is 24.9 Å². The Morgan fingerprint density at radius 2 is 0.949 bits per heavy atom. The highest BCUT2D eigenvalue weighted by atomic mass is 35.5. The Bertz CT molecular complexity index is 2500. The van der Waals surface area contributed by atoms with Crippen LogP contribution in [0.25, 0.3) is 44.8 Å². The van der Waals surface area contributed by atoms with E-state index in [4.69, 9.17) is 52.6 Å². The third-order valence-corrected chi connectivity index (χ3v) is 9.96. The maximum absolute atomic E-state index is 6.30. The van der Waals surface area contributed by atoms with Gasteiger partial charge in [0.25, 0.3) is 0 Å². The number of anilines is 4. The fourth-order valence-corrected chi connectivity index (χ4v) is 7.18. The van der Waals surface area contributed by atoms with E-state index in [0.29, 0.717) is 44.8 Å². The summed E-state index contributed by atoms with van der Waals surface area (Å²) in [5.41, 5.74) is 8.94. The van der Waals surface area contributed by atoms with Crippen LogP contribution in [0.1, 0.15) is 38.1 Å². The van der Waals surface area contributed by atoms with Crippen LogP contribution in [0.2, 0.25) is 10.0 Å². The molecule has 4 heterocycles. The molecule has 0 saturated carbocycles. The fourth-order valence-electron chi connectivity index (χ4n) is 6.66. The van der Waals surface area contributed by atoms with Crippen molar-refractivity contribution in [1.82, 2.24) is 39.5 Å². The summed E-state index contributed by atoms with van der Waals surface area (Å²) in [6.45, 7) is 4.27. The van der Waals surface area contributed by atoms with Gasteiger partial charge in [-0.3, -0.25) is 9.36 Å². The first kappa shape index (κ1) is 42.7. The predicted octanol–water partition coefficient (Wildman–Crippen LogP) is 11.2. The molecule has 8 rings (SSSR count). The van der Waals surface area contributed by atoms with Crippen LogP contribution in [0.15, 0.2) is 97.1 Å². The summed E-state index contributed by atoms with van der Waals surface area (Å²) in [6.07, 6.45) is 3.70. The zero-order valence-electron chi connectivity index (χ0n) is 33.6. The van der Waals surface area contributed by atoms with Gasteiger partial charge in [0, 0.05) is 36.6 Å². The van der Waals surface area contributed by atoms with Crippen LogP contribution in [0.4, 0.5) is 23.0 Å². The number of ether oxygens (including phenoxy) is 2. The lowest BCUT2D eigenvalue weighted by molar-refractivity contribution is 0.415. The average molecular weight is 852 g/mol. The van der Waals surface area contributed by atoms with E-state index in [-0.39, 0.29) is 12.4 Å². The van der Waals surface area contributed by atoms with E-state index in [9.17, 15) is 0 Å². The van der Waals surface area contributed by atoms with Gasteiger partial charge in [-0.15, -0.1) is 12.4 Å². The van der Waals surface area contributed by atoms with Crippen molar-refractivity contribution in [2.45, 2.75) is 39.5 Å². The van der Waals surface area contributed by atoms with E-state index in [1.54, 1.807) is 14.2 Å². The van der Waals surface area contributed by atoms with Crippen molar-refractivity contribution in [3.8, 4) is 34.3 Å². The molecule has 0 amide bonds. The molecule has 0 aliphatic rings. The summed E-state index contributed by atoms with van der Waals surface area (Å²) in [7, 11) is 7.02. The van der Waals surface area contributed by atoms with Gasteiger partial charge in [-0.2, -0.15) is 10.2 Å². The molecule has 15 heteroatoms. The molecule has 4 aromatic heterocycles. The van der Waals surface area contributed by atoms with Crippen LogP contribution in [0.3, 0.4) is 0 Å². The Labute approximate surface area is 359 Å². The molecule has 0 spiro atoms. The molecule has 0 saturated heterocycles. The van der Waals surface area contributed by atoms with E-state index in [1.807, 2.05) is 121 Å². The maximum atomic E-state index is 6.30. The van der Waals surface area contributed by atoms with E-state index >= 15 is 0 Å². The van der Waals surface area contributed by atoms with Crippen LogP contribution in [-0.4, -0.2) is 53.7 Å². The number of benzene rings is 4. The smallest absolute Gasteiger partial charge is 0.162 e. The van der Waals surface area contributed by atoms with Crippen LogP contribution >= 0.6 is 35.6 Å². The van der Waals surface area contributed by atoms with Crippen LogP contribution < -0.4 is 20.1 Å². The lowest BCUT2D eigenvalue weighted by atomic mass is 10.2. The summed E-state index contributed by atoms with van der Waals surface area (Å²) in [5.74, 6) is 3.94. The highest BCUT2D eigenvalue weighted by Gasteiger charge is 2.20. The number of aromatic nitrogens is 8. The minimum atomic E-state index is 0.